The van der Waals surface area contributed by atoms with Gasteiger partial charge in [0.15, 0.2) is 17.3 Å². The van der Waals surface area contributed by atoms with E-state index in [0.29, 0.717) is 34.9 Å². The smallest absolute Gasteiger partial charge is 0.344 e. The van der Waals surface area contributed by atoms with Gasteiger partial charge in [0.1, 0.15) is 23.1 Å². The summed E-state index contributed by atoms with van der Waals surface area (Å²) >= 11 is 0. The second kappa shape index (κ2) is 8.42. The van der Waals surface area contributed by atoms with E-state index < -0.39 is 12.1 Å². The predicted molar refractivity (Wildman–Crippen MR) is 116 cm³/mol. The van der Waals surface area contributed by atoms with Gasteiger partial charge in [-0.15, -0.1) is 0 Å². The van der Waals surface area contributed by atoms with E-state index in [4.69, 9.17) is 14.6 Å². The van der Waals surface area contributed by atoms with Crippen LogP contribution < -0.4 is 15.0 Å². The highest BCUT2D eigenvalue weighted by Gasteiger charge is 2.16. The van der Waals surface area contributed by atoms with Crippen molar-refractivity contribution in [1.82, 2.24) is 19.9 Å². The first-order chi connectivity index (χ1) is 15.4. The zero-order chi connectivity index (χ0) is 22.8. The number of carboxylic acids is 1. The molecule has 32 heavy (non-hydrogen) atoms. The van der Waals surface area contributed by atoms with Crippen molar-refractivity contribution >= 4 is 17.1 Å². The number of H-pyrrole nitrogens is 2. The van der Waals surface area contributed by atoms with Crippen LogP contribution >= 0.6 is 0 Å². The second-order valence-electron chi connectivity index (χ2n) is 6.97. The van der Waals surface area contributed by atoms with E-state index >= 15 is 0 Å². The molecule has 2 heterocycles. The van der Waals surface area contributed by atoms with Crippen LogP contribution in [0.15, 0.2) is 47.5 Å². The molecule has 0 bridgehead atoms. The van der Waals surface area contributed by atoms with Crippen LogP contribution in [0.4, 0.5) is 0 Å². The van der Waals surface area contributed by atoms with Gasteiger partial charge in [0, 0.05) is 6.07 Å². The van der Waals surface area contributed by atoms with Gasteiger partial charge in [-0.1, -0.05) is 6.07 Å². The molecule has 0 unspecified atom stereocenters. The maximum Gasteiger partial charge on any atom is 0.344 e. The number of carbonyl (C=O) groups is 1. The Bertz CT molecular complexity index is 1360. The summed E-state index contributed by atoms with van der Waals surface area (Å²) in [6.07, 6.45) is 0.321. The maximum absolute atomic E-state index is 12.3. The Hall–Kier alpha value is -4.34. The summed E-state index contributed by atoms with van der Waals surface area (Å²) in [4.78, 5) is 37.3. The molecule has 10 heteroatoms. The van der Waals surface area contributed by atoms with E-state index in [9.17, 15) is 14.7 Å². The van der Waals surface area contributed by atoms with E-state index in [1.807, 2.05) is 6.92 Å². The highest BCUT2D eigenvalue weighted by molar-refractivity contribution is 5.78. The molecule has 0 aliphatic heterocycles. The SMILES string of the molecule is CCOc1cc(-c2cc(O)cc(O[C@H](C)C(=O)O)c2)ccc1-c1nc2nc[nH]c2c(=O)[nH]1. The van der Waals surface area contributed by atoms with Crippen molar-refractivity contribution in [2.24, 2.45) is 0 Å². The normalized spacial score (nSPS) is 11.9. The summed E-state index contributed by atoms with van der Waals surface area (Å²) in [6, 6.07) is 9.74. The topological polar surface area (TPSA) is 150 Å². The molecule has 0 aliphatic carbocycles. The first-order valence-corrected chi connectivity index (χ1v) is 9.80. The van der Waals surface area contributed by atoms with Crippen molar-refractivity contribution < 1.29 is 24.5 Å². The number of hydrogen-bond acceptors (Lipinski definition) is 7. The molecule has 4 N–H and O–H groups in total. The second-order valence-corrected chi connectivity index (χ2v) is 6.97. The number of benzene rings is 2. The van der Waals surface area contributed by atoms with Gasteiger partial charge in [-0.25, -0.2) is 14.8 Å². The fourth-order valence-corrected chi connectivity index (χ4v) is 3.22. The van der Waals surface area contributed by atoms with Gasteiger partial charge >= 0.3 is 5.97 Å². The van der Waals surface area contributed by atoms with Crippen LogP contribution in [0.3, 0.4) is 0 Å². The van der Waals surface area contributed by atoms with Crippen LogP contribution in [-0.2, 0) is 4.79 Å². The van der Waals surface area contributed by atoms with Crippen molar-refractivity contribution in [1.29, 1.82) is 0 Å². The van der Waals surface area contributed by atoms with Gasteiger partial charge in [-0.3, -0.25) is 4.79 Å². The number of nitrogens with one attached hydrogen (secondary N) is 2. The van der Waals surface area contributed by atoms with Crippen molar-refractivity contribution in [2.45, 2.75) is 20.0 Å². The van der Waals surface area contributed by atoms with Crippen LogP contribution in [0.5, 0.6) is 17.2 Å². The number of rotatable bonds is 7. The third-order valence-corrected chi connectivity index (χ3v) is 4.72. The summed E-state index contributed by atoms with van der Waals surface area (Å²) in [5.74, 6) is -0.208. The van der Waals surface area contributed by atoms with E-state index in [1.54, 1.807) is 24.3 Å². The Balaban J connectivity index is 1.77. The Morgan fingerprint density at radius 3 is 2.75 bits per heavy atom. The minimum Gasteiger partial charge on any atom is -0.508 e. The molecule has 0 spiro atoms. The van der Waals surface area contributed by atoms with Crippen molar-refractivity contribution in [2.75, 3.05) is 6.61 Å². The van der Waals surface area contributed by atoms with Gasteiger partial charge in [0.2, 0.25) is 0 Å². The standard InChI is InChI=1S/C22H20N4O6/c1-3-31-17-8-12(13-6-14(27)9-15(7-13)32-11(2)22(29)30)4-5-16(17)19-25-20-18(21(28)26-19)23-10-24-20/h4-11,27H,3H2,1-2H3,(H,29,30)(H2,23,24,25,26,28)/t11-/m1/s1. The monoisotopic (exact) mass is 436 g/mol. The van der Waals surface area contributed by atoms with E-state index in [0.717, 1.165) is 0 Å². The zero-order valence-corrected chi connectivity index (χ0v) is 17.2. The summed E-state index contributed by atoms with van der Waals surface area (Å²) in [5.41, 5.74) is 2.06. The molecule has 0 saturated carbocycles. The molecule has 2 aromatic heterocycles. The summed E-state index contributed by atoms with van der Waals surface area (Å²) in [6.45, 7) is 3.60. The van der Waals surface area contributed by atoms with Crippen molar-refractivity contribution in [3.8, 4) is 39.8 Å². The molecule has 10 nitrogen and oxygen atoms in total. The molecular weight excluding hydrogens is 416 g/mol. The Kier molecular flexibility index (Phi) is 5.50. The lowest BCUT2D eigenvalue weighted by Gasteiger charge is -2.14. The van der Waals surface area contributed by atoms with Gasteiger partial charge in [-0.2, -0.15) is 0 Å². The number of nitrogens with zero attached hydrogens (tertiary/aromatic N) is 2. The minimum absolute atomic E-state index is 0.0768. The van der Waals surface area contributed by atoms with Gasteiger partial charge in [-0.05, 0) is 49.2 Å². The van der Waals surface area contributed by atoms with Gasteiger partial charge in [0.05, 0.1) is 18.5 Å². The highest BCUT2D eigenvalue weighted by Crippen LogP contribution is 2.35. The lowest BCUT2D eigenvalue weighted by Crippen LogP contribution is -2.22. The fourth-order valence-electron chi connectivity index (χ4n) is 3.22. The highest BCUT2D eigenvalue weighted by atomic mass is 16.5. The van der Waals surface area contributed by atoms with Crippen molar-refractivity contribution in [3.05, 3.63) is 53.1 Å². The molecule has 4 aromatic rings. The summed E-state index contributed by atoms with van der Waals surface area (Å²) < 4.78 is 11.2. The molecule has 4 rings (SSSR count). The molecule has 0 saturated heterocycles. The molecule has 164 valence electrons. The number of imidazole rings is 1. The van der Waals surface area contributed by atoms with Crippen LogP contribution in [0.1, 0.15) is 13.8 Å². The number of phenols is 1. The number of aromatic nitrogens is 4. The number of aliphatic carboxylic acids is 1. The fraction of sp³-hybridized carbons (Fsp3) is 0.182. The van der Waals surface area contributed by atoms with Gasteiger partial charge in [0.25, 0.3) is 5.56 Å². The molecule has 0 amide bonds. The van der Waals surface area contributed by atoms with Gasteiger partial charge < -0.3 is 29.7 Å². The van der Waals surface area contributed by atoms with Crippen LogP contribution in [0, 0.1) is 0 Å². The molecule has 0 aliphatic rings. The summed E-state index contributed by atoms with van der Waals surface area (Å²) in [5, 5.41) is 19.2. The van der Waals surface area contributed by atoms with E-state index in [1.165, 1.54) is 25.4 Å². The molecular formula is C22H20N4O6. The average molecular weight is 436 g/mol. The number of hydrogen-bond donors (Lipinski definition) is 4. The zero-order valence-electron chi connectivity index (χ0n) is 17.2. The Morgan fingerprint density at radius 2 is 2.00 bits per heavy atom. The molecule has 2 aromatic carbocycles. The average Bonchev–Trinajstić information content (AvgIpc) is 3.23. The van der Waals surface area contributed by atoms with Crippen LogP contribution in [0.25, 0.3) is 33.7 Å². The number of carboxylic acid groups (broad SMARTS) is 1. The third-order valence-electron chi connectivity index (χ3n) is 4.72. The molecule has 0 radical (unpaired) electrons. The maximum atomic E-state index is 12.3. The molecule has 0 fully saturated rings. The first kappa shape index (κ1) is 20.9. The number of aromatic amines is 2. The minimum atomic E-state index is -1.12. The largest absolute Gasteiger partial charge is 0.508 e. The van der Waals surface area contributed by atoms with E-state index in [-0.39, 0.29) is 28.2 Å². The number of aromatic hydroxyl groups is 1. The van der Waals surface area contributed by atoms with Crippen molar-refractivity contribution in [3.63, 3.8) is 0 Å². The number of ether oxygens (including phenoxy) is 2. The Labute approximate surface area is 181 Å². The lowest BCUT2D eigenvalue weighted by atomic mass is 10.0. The van der Waals surface area contributed by atoms with E-state index in [2.05, 4.69) is 19.9 Å². The predicted octanol–water partition coefficient (Wildman–Crippen LogP) is 2.94. The third kappa shape index (κ3) is 4.10. The van der Waals surface area contributed by atoms with Crippen LogP contribution in [0.2, 0.25) is 0 Å². The lowest BCUT2D eigenvalue weighted by molar-refractivity contribution is -0.144. The summed E-state index contributed by atoms with van der Waals surface area (Å²) in [7, 11) is 0. The first-order valence-electron chi connectivity index (χ1n) is 9.80. The molecule has 1 atom stereocenters. The number of fused-ring (bicyclic) bond motifs is 1. The number of phenolic OH excluding ortho intramolecular Hbond substituents is 1. The van der Waals surface area contributed by atoms with Crippen LogP contribution in [-0.4, -0.2) is 48.8 Å². The quantitative estimate of drug-likeness (QED) is 0.345. The Morgan fingerprint density at radius 1 is 1.19 bits per heavy atom.